The molecule has 0 bridgehead atoms. The number of fused-ring (bicyclic) bond motifs is 1. The Balaban J connectivity index is 1.92. The monoisotopic (exact) mass is 291 g/mol. The van der Waals surface area contributed by atoms with Crippen LogP contribution in [0, 0.1) is 0 Å². The van der Waals surface area contributed by atoms with Gasteiger partial charge in [-0.2, -0.15) is 0 Å². The van der Waals surface area contributed by atoms with Crippen molar-refractivity contribution in [3.63, 3.8) is 0 Å². The molecule has 0 aromatic heterocycles. The van der Waals surface area contributed by atoms with Crippen molar-refractivity contribution in [2.45, 2.75) is 32.7 Å². The first-order chi connectivity index (χ1) is 9.72. The van der Waals surface area contributed by atoms with E-state index in [1.54, 1.807) is 0 Å². The molecule has 1 atom stereocenters. The van der Waals surface area contributed by atoms with Crippen LogP contribution >= 0.6 is 11.6 Å². The molecule has 2 aromatic rings. The summed E-state index contributed by atoms with van der Waals surface area (Å²) in [4.78, 5) is 0. The normalized spacial score (nSPS) is 12.6. The molecule has 0 amide bonds. The van der Waals surface area contributed by atoms with Crippen molar-refractivity contribution >= 4 is 22.4 Å². The van der Waals surface area contributed by atoms with Crippen LogP contribution in [0.1, 0.15) is 26.7 Å². The van der Waals surface area contributed by atoms with E-state index in [-0.39, 0.29) is 0 Å². The summed E-state index contributed by atoms with van der Waals surface area (Å²) in [7, 11) is 0. The molecule has 0 aliphatic rings. The molecule has 1 N–H and O–H groups in total. The quantitative estimate of drug-likeness (QED) is 0.750. The number of hydrogen-bond acceptors (Lipinski definition) is 2. The fourth-order valence-corrected chi connectivity index (χ4v) is 2.34. The van der Waals surface area contributed by atoms with E-state index in [4.69, 9.17) is 16.3 Å². The summed E-state index contributed by atoms with van der Waals surface area (Å²) in [6.45, 7) is 6.09. The van der Waals surface area contributed by atoms with Gasteiger partial charge in [0.2, 0.25) is 0 Å². The minimum atomic E-state index is 0.575. The van der Waals surface area contributed by atoms with Crippen molar-refractivity contribution in [3.05, 3.63) is 41.4 Å². The average molecular weight is 292 g/mol. The highest BCUT2D eigenvalue weighted by molar-refractivity contribution is 6.35. The summed E-state index contributed by atoms with van der Waals surface area (Å²) < 4.78 is 5.89. The second kappa shape index (κ2) is 7.51. The Morgan fingerprint density at radius 2 is 1.90 bits per heavy atom. The van der Waals surface area contributed by atoms with E-state index in [1.165, 1.54) is 0 Å². The number of halogens is 1. The number of benzene rings is 2. The van der Waals surface area contributed by atoms with Gasteiger partial charge in [0.1, 0.15) is 5.75 Å². The van der Waals surface area contributed by atoms with Crippen LogP contribution in [0.5, 0.6) is 5.75 Å². The molecule has 0 aliphatic heterocycles. The molecule has 0 spiro atoms. The second-order valence-electron chi connectivity index (χ2n) is 5.06. The van der Waals surface area contributed by atoms with Gasteiger partial charge in [-0.15, -0.1) is 0 Å². The molecule has 0 unspecified atom stereocenters. The van der Waals surface area contributed by atoms with Crippen LogP contribution < -0.4 is 10.1 Å². The molecule has 20 heavy (non-hydrogen) atoms. The van der Waals surface area contributed by atoms with Gasteiger partial charge < -0.3 is 10.1 Å². The predicted octanol–water partition coefficient (Wildman–Crippen LogP) is 4.65. The zero-order chi connectivity index (χ0) is 14.4. The van der Waals surface area contributed by atoms with E-state index >= 15 is 0 Å². The number of hydrogen-bond donors (Lipinski definition) is 1. The van der Waals surface area contributed by atoms with Crippen molar-refractivity contribution in [1.82, 2.24) is 5.32 Å². The lowest BCUT2D eigenvalue weighted by molar-refractivity contribution is 0.308. The number of rotatable bonds is 7. The molecule has 0 saturated heterocycles. The van der Waals surface area contributed by atoms with Gasteiger partial charge in [-0.05, 0) is 38.4 Å². The Morgan fingerprint density at radius 3 is 2.65 bits per heavy atom. The highest BCUT2D eigenvalue weighted by Crippen LogP contribution is 2.31. The van der Waals surface area contributed by atoms with Gasteiger partial charge in [-0.25, -0.2) is 0 Å². The first kappa shape index (κ1) is 15.1. The van der Waals surface area contributed by atoms with Gasteiger partial charge in [-0.1, -0.05) is 42.8 Å². The van der Waals surface area contributed by atoms with Crippen LogP contribution in [-0.2, 0) is 0 Å². The molecule has 0 fully saturated rings. The molecule has 0 heterocycles. The molecule has 0 aliphatic carbocycles. The third kappa shape index (κ3) is 3.87. The van der Waals surface area contributed by atoms with Gasteiger partial charge in [0.05, 0.1) is 6.61 Å². The van der Waals surface area contributed by atoms with E-state index in [0.29, 0.717) is 6.04 Å². The van der Waals surface area contributed by atoms with Crippen molar-refractivity contribution in [1.29, 1.82) is 0 Å². The van der Waals surface area contributed by atoms with Crippen molar-refractivity contribution in [3.8, 4) is 5.75 Å². The Labute approximate surface area is 126 Å². The predicted molar refractivity (Wildman–Crippen MR) is 86.8 cm³/mol. The molecule has 0 radical (unpaired) electrons. The third-order valence-corrected chi connectivity index (χ3v) is 3.84. The number of ether oxygens (including phenoxy) is 1. The van der Waals surface area contributed by atoms with Gasteiger partial charge in [0.15, 0.2) is 0 Å². The molecule has 0 saturated carbocycles. The van der Waals surface area contributed by atoms with Gasteiger partial charge in [0.25, 0.3) is 0 Å². The molecule has 2 aromatic carbocycles. The average Bonchev–Trinajstić information content (AvgIpc) is 2.49. The molecule has 108 valence electrons. The minimum absolute atomic E-state index is 0.575. The fraction of sp³-hybridized carbons (Fsp3) is 0.412. The van der Waals surface area contributed by atoms with Crippen LogP contribution in [0.15, 0.2) is 36.4 Å². The van der Waals surface area contributed by atoms with E-state index in [2.05, 4.69) is 19.2 Å². The Hall–Kier alpha value is -1.25. The molecule has 2 nitrogen and oxygen atoms in total. The zero-order valence-corrected chi connectivity index (χ0v) is 12.9. The third-order valence-electron chi connectivity index (χ3n) is 3.51. The molecule has 3 heteroatoms. The second-order valence-corrected chi connectivity index (χ2v) is 5.46. The topological polar surface area (TPSA) is 21.3 Å². The molecule has 2 rings (SSSR count). The Kier molecular flexibility index (Phi) is 5.69. The van der Waals surface area contributed by atoms with E-state index in [1.807, 2.05) is 36.4 Å². The standard InChI is InChI=1S/C17H22ClNO/c1-3-13(2)19-11-6-12-20-17-10-9-16(18)14-7-4-5-8-15(14)17/h4-5,7-10,13,19H,3,6,11-12H2,1-2H3/t13-/m1/s1. The van der Waals surface area contributed by atoms with Gasteiger partial charge in [-0.3, -0.25) is 0 Å². The summed E-state index contributed by atoms with van der Waals surface area (Å²) in [6, 6.07) is 12.5. The zero-order valence-electron chi connectivity index (χ0n) is 12.2. The van der Waals surface area contributed by atoms with Crippen LogP contribution in [0.2, 0.25) is 5.02 Å². The largest absolute Gasteiger partial charge is 0.493 e. The molecular formula is C17H22ClNO. The first-order valence-corrected chi connectivity index (χ1v) is 7.63. The summed E-state index contributed by atoms with van der Waals surface area (Å²) >= 11 is 6.20. The van der Waals surface area contributed by atoms with Crippen molar-refractivity contribution < 1.29 is 4.74 Å². The van der Waals surface area contributed by atoms with Gasteiger partial charge >= 0.3 is 0 Å². The van der Waals surface area contributed by atoms with Crippen LogP contribution in [-0.4, -0.2) is 19.2 Å². The summed E-state index contributed by atoms with van der Waals surface area (Å²) in [5.41, 5.74) is 0. The van der Waals surface area contributed by atoms with Crippen LogP contribution in [0.3, 0.4) is 0 Å². The lowest BCUT2D eigenvalue weighted by atomic mass is 10.1. The highest BCUT2D eigenvalue weighted by Gasteiger charge is 2.05. The molecular weight excluding hydrogens is 270 g/mol. The summed E-state index contributed by atoms with van der Waals surface area (Å²) in [5, 5.41) is 6.36. The van der Waals surface area contributed by atoms with E-state index < -0.39 is 0 Å². The highest BCUT2D eigenvalue weighted by atomic mass is 35.5. The maximum Gasteiger partial charge on any atom is 0.127 e. The maximum atomic E-state index is 6.20. The van der Waals surface area contributed by atoms with Crippen LogP contribution in [0.4, 0.5) is 0 Å². The summed E-state index contributed by atoms with van der Waals surface area (Å²) in [5.74, 6) is 0.911. The van der Waals surface area contributed by atoms with E-state index in [0.717, 1.165) is 47.5 Å². The van der Waals surface area contributed by atoms with E-state index in [9.17, 15) is 0 Å². The van der Waals surface area contributed by atoms with Crippen molar-refractivity contribution in [2.24, 2.45) is 0 Å². The Morgan fingerprint density at radius 1 is 1.15 bits per heavy atom. The van der Waals surface area contributed by atoms with Gasteiger partial charge in [0, 0.05) is 21.8 Å². The lowest BCUT2D eigenvalue weighted by Crippen LogP contribution is -2.27. The summed E-state index contributed by atoms with van der Waals surface area (Å²) in [6.07, 6.45) is 2.16. The number of nitrogens with one attached hydrogen (secondary N) is 1. The minimum Gasteiger partial charge on any atom is -0.493 e. The maximum absolute atomic E-state index is 6.20. The first-order valence-electron chi connectivity index (χ1n) is 7.25. The SMILES string of the molecule is CC[C@@H](C)NCCCOc1ccc(Cl)c2ccccc12. The fourth-order valence-electron chi connectivity index (χ4n) is 2.11. The Bertz CT molecular complexity index is 556. The van der Waals surface area contributed by atoms with Crippen molar-refractivity contribution in [2.75, 3.05) is 13.2 Å². The lowest BCUT2D eigenvalue weighted by Gasteiger charge is -2.13. The smallest absolute Gasteiger partial charge is 0.127 e. The van der Waals surface area contributed by atoms with Crippen LogP contribution in [0.25, 0.3) is 10.8 Å².